The van der Waals surface area contributed by atoms with Crippen molar-refractivity contribution in [2.24, 2.45) is 0 Å². The Bertz CT molecular complexity index is 575. The highest BCUT2D eigenvalue weighted by Gasteiger charge is 2.02. The van der Waals surface area contributed by atoms with E-state index in [2.05, 4.69) is 10.6 Å². The van der Waals surface area contributed by atoms with Gasteiger partial charge in [-0.3, -0.25) is 0 Å². The van der Waals surface area contributed by atoms with Gasteiger partial charge in [0.05, 0.1) is 0 Å². The highest BCUT2D eigenvalue weighted by Crippen LogP contribution is 2.14. The molecule has 2 amide bonds. The monoisotopic (exact) mass is 304 g/mol. The van der Waals surface area contributed by atoms with Crippen LogP contribution in [0.3, 0.4) is 0 Å². The smallest absolute Gasteiger partial charge is 0.317 e. The van der Waals surface area contributed by atoms with E-state index in [0.717, 1.165) is 5.56 Å². The van der Waals surface area contributed by atoms with Crippen LogP contribution in [0, 0.1) is 0 Å². The Morgan fingerprint density at radius 2 is 1.71 bits per heavy atom. The number of rotatable bonds is 6. The van der Waals surface area contributed by atoms with Crippen molar-refractivity contribution in [3.05, 3.63) is 65.2 Å². The molecule has 0 aliphatic heterocycles. The Morgan fingerprint density at radius 1 is 1.00 bits per heavy atom. The summed E-state index contributed by atoms with van der Waals surface area (Å²) in [5.41, 5.74) is 1.01. The van der Waals surface area contributed by atoms with Crippen LogP contribution < -0.4 is 15.4 Å². The molecule has 0 saturated heterocycles. The van der Waals surface area contributed by atoms with E-state index in [9.17, 15) is 4.79 Å². The summed E-state index contributed by atoms with van der Waals surface area (Å²) in [6.07, 6.45) is 0.687. The second kappa shape index (κ2) is 8.17. The van der Waals surface area contributed by atoms with E-state index in [-0.39, 0.29) is 12.8 Å². The maximum atomic E-state index is 11.6. The third-order valence-corrected chi connectivity index (χ3v) is 3.22. The van der Waals surface area contributed by atoms with Crippen LogP contribution in [0.15, 0.2) is 54.6 Å². The summed E-state index contributed by atoms with van der Waals surface area (Å²) in [4.78, 5) is 11.6. The first-order valence-electron chi connectivity index (χ1n) is 6.68. The van der Waals surface area contributed by atoms with E-state index in [1.54, 1.807) is 0 Å². The number of hydrogen-bond acceptors (Lipinski definition) is 2. The molecule has 0 bridgehead atoms. The number of para-hydroxylation sites is 1. The van der Waals surface area contributed by atoms with Gasteiger partial charge in [-0.25, -0.2) is 4.79 Å². The van der Waals surface area contributed by atoms with Crippen LogP contribution in [0.1, 0.15) is 5.56 Å². The minimum absolute atomic E-state index is 0.127. The molecule has 0 saturated carbocycles. The fourth-order valence-electron chi connectivity index (χ4n) is 1.78. The van der Waals surface area contributed by atoms with Crippen molar-refractivity contribution in [1.82, 2.24) is 10.6 Å². The molecule has 21 heavy (non-hydrogen) atoms. The van der Waals surface area contributed by atoms with Crippen LogP contribution in [0.25, 0.3) is 0 Å². The van der Waals surface area contributed by atoms with Crippen molar-refractivity contribution in [2.75, 3.05) is 13.3 Å². The Morgan fingerprint density at radius 3 is 2.48 bits per heavy atom. The molecular formula is C16H17ClN2O2. The van der Waals surface area contributed by atoms with Crippen molar-refractivity contribution < 1.29 is 9.53 Å². The molecule has 0 unspecified atom stereocenters. The largest absolute Gasteiger partial charge is 0.473 e. The number of ether oxygens (including phenoxy) is 1. The van der Waals surface area contributed by atoms with Crippen LogP contribution in [0.2, 0.25) is 5.02 Å². The molecule has 0 fully saturated rings. The lowest BCUT2D eigenvalue weighted by Crippen LogP contribution is -2.38. The molecule has 0 heterocycles. The molecule has 2 rings (SSSR count). The number of amides is 2. The predicted molar refractivity (Wildman–Crippen MR) is 83.6 cm³/mol. The summed E-state index contributed by atoms with van der Waals surface area (Å²) in [6.45, 7) is 0.642. The van der Waals surface area contributed by atoms with Crippen LogP contribution in [0.5, 0.6) is 5.75 Å². The Balaban J connectivity index is 1.63. The van der Waals surface area contributed by atoms with Gasteiger partial charge in [-0.1, -0.05) is 48.0 Å². The number of carbonyl (C=O) groups is 1. The molecule has 0 atom stereocenters. The average Bonchev–Trinajstić information content (AvgIpc) is 2.50. The van der Waals surface area contributed by atoms with Crippen molar-refractivity contribution in [1.29, 1.82) is 0 Å². The van der Waals surface area contributed by atoms with Gasteiger partial charge in [0.2, 0.25) is 0 Å². The van der Waals surface area contributed by atoms with E-state index in [4.69, 9.17) is 16.3 Å². The van der Waals surface area contributed by atoms with Gasteiger partial charge in [0.1, 0.15) is 5.75 Å². The summed E-state index contributed by atoms with van der Waals surface area (Å²) >= 11 is 6.04. The zero-order valence-corrected chi connectivity index (χ0v) is 12.3. The van der Waals surface area contributed by atoms with Gasteiger partial charge in [-0.15, -0.1) is 0 Å². The molecule has 2 N–H and O–H groups in total. The summed E-state index contributed by atoms with van der Waals surface area (Å²) in [7, 11) is 0. The second-order valence-electron chi connectivity index (χ2n) is 4.38. The minimum Gasteiger partial charge on any atom is -0.473 e. The number of hydrogen-bond donors (Lipinski definition) is 2. The van der Waals surface area contributed by atoms with E-state index in [1.807, 2.05) is 54.6 Å². The molecule has 2 aromatic rings. The zero-order chi connectivity index (χ0) is 14.9. The maximum Gasteiger partial charge on any atom is 0.317 e. The van der Waals surface area contributed by atoms with Crippen molar-refractivity contribution in [3.8, 4) is 5.75 Å². The van der Waals surface area contributed by atoms with Gasteiger partial charge in [0, 0.05) is 11.6 Å². The van der Waals surface area contributed by atoms with E-state index < -0.39 is 0 Å². The molecular weight excluding hydrogens is 288 g/mol. The SMILES string of the molecule is O=C(NCCc1ccccc1Cl)NCOc1ccccc1. The minimum atomic E-state index is -0.266. The maximum absolute atomic E-state index is 11.6. The van der Waals surface area contributed by atoms with Crippen LogP contribution in [-0.4, -0.2) is 19.3 Å². The molecule has 0 aromatic heterocycles. The third-order valence-electron chi connectivity index (χ3n) is 2.85. The van der Waals surface area contributed by atoms with Gasteiger partial charge in [0.25, 0.3) is 0 Å². The summed E-state index contributed by atoms with van der Waals surface area (Å²) in [5, 5.41) is 6.10. The molecule has 4 nitrogen and oxygen atoms in total. The summed E-state index contributed by atoms with van der Waals surface area (Å²) < 4.78 is 5.37. The lowest BCUT2D eigenvalue weighted by Gasteiger charge is -2.09. The second-order valence-corrected chi connectivity index (χ2v) is 4.78. The lowest BCUT2D eigenvalue weighted by atomic mass is 10.1. The van der Waals surface area contributed by atoms with Crippen LogP contribution >= 0.6 is 11.6 Å². The summed E-state index contributed by atoms with van der Waals surface area (Å²) in [5.74, 6) is 0.717. The van der Waals surface area contributed by atoms with Crippen LogP contribution in [0.4, 0.5) is 4.79 Å². The normalized spacial score (nSPS) is 9.95. The molecule has 0 radical (unpaired) electrons. The van der Waals surface area contributed by atoms with Crippen molar-refractivity contribution >= 4 is 17.6 Å². The molecule has 0 aliphatic rings. The number of carbonyl (C=O) groups excluding carboxylic acids is 1. The van der Waals surface area contributed by atoms with Crippen LogP contribution in [-0.2, 0) is 6.42 Å². The van der Waals surface area contributed by atoms with Crippen molar-refractivity contribution in [2.45, 2.75) is 6.42 Å². The number of benzene rings is 2. The standard InChI is InChI=1S/C16H17ClN2O2/c17-15-9-5-4-6-13(15)10-11-18-16(20)19-12-21-14-7-2-1-3-8-14/h1-9H,10-12H2,(H2,18,19,20). The zero-order valence-electron chi connectivity index (χ0n) is 11.5. The first-order chi connectivity index (χ1) is 10.3. The van der Waals surface area contributed by atoms with Gasteiger partial charge in [-0.05, 0) is 30.2 Å². The Hall–Kier alpha value is -2.20. The van der Waals surface area contributed by atoms with E-state index in [1.165, 1.54) is 0 Å². The van der Waals surface area contributed by atoms with Gasteiger partial charge in [-0.2, -0.15) is 0 Å². The molecule has 5 heteroatoms. The molecule has 0 spiro atoms. The topological polar surface area (TPSA) is 50.4 Å². The average molecular weight is 305 g/mol. The number of halogens is 1. The quantitative estimate of drug-likeness (QED) is 0.805. The van der Waals surface area contributed by atoms with Crippen molar-refractivity contribution in [3.63, 3.8) is 0 Å². The predicted octanol–water partition coefficient (Wildman–Crippen LogP) is 3.22. The number of nitrogens with one attached hydrogen (secondary N) is 2. The van der Waals surface area contributed by atoms with Gasteiger partial charge in [0.15, 0.2) is 6.73 Å². The molecule has 0 aliphatic carbocycles. The summed E-state index contributed by atoms with van der Waals surface area (Å²) in [6, 6.07) is 16.6. The first kappa shape index (κ1) is 15.2. The Labute approximate surface area is 129 Å². The highest BCUT2D eigenvalue weighted by molar-refractivity contribution is 6.31. The molecule has 2 aromatic carbocycles. The van der Waals surface area contributed by atoms with Gasteiger partial charge < -0.3 is 15.4 Å². The highest BCUT2D eigenvalue weighted by atomic mass is 35.5. The third kappa shape index (κ3) is 5.36. The molecule has 110 valence electrons. The first-order valence-corrected chi connectivity index (χ1v) is 7.06. The number of urea groups is 1. The van der Waals surface area contributed by atoms with E-state index in [0.29, 0.717) is 23.7 Å². The fraction of sp³-hybridized carbons (Fsp3) is 0.188. The van der Waals surface area contributed by atoms with Gasteiger partial charge >= 0.3 is 6.03 Å². The van der Waals surface area contributed by atoms with E-state index >= 15 is 0 Å². The lowest BCUT2D eigenvalue weighted by molar-refractivity contribution is 0.224. The Kier molecular flexibility index (Phi) is 5.91. The fourth-order valence-corrected chi connectivity index (χ4v) is 2.01.